The van der Waals surface area contributed by atoms with Crippen LogP contribution in [-0.2, 0) is 23.8 Å². The quantitative estimate of drug-likeness (QED) is 0.0372. The Balaban J connectivity index is 1.02. The van der Waals surface area contributed by atoms with Gasteiger partial charge >= 0.3 is 6.09 Å². The van der Waals surface area contributed by atoms with E-state index in [1.165, 1.54) is 189 Å². The smallest absolute Gasteiger partial charge is 0.405 e. The lowest BCUT2D eigenvalue weighted by Crippen LogP contribution is -2.45. The maximum atomic E-state index is 13.8. The minimum absolute atomic E-state index is 0.0522. The van der Waals surface area contributed by atoms with Crippen LogP contribution in [0, 0.1) is 0 Å². The van der Waals surface area contributed by atoms with Gasteiger partial charge in [-0.3, -0.25) is 14.4 Å². The zero-order valence-electron chi connectivity index (χ0n) is 51.7. The molecule has 4 rings (SSSR count). The first-order chi connectivity index (χ1) is 40.8. The Morgan fingerprint density at radius 1 is 0.518 bits per heavy atom. The van der Waals surface area contributed by atoms with Crippen LogP contribution in [0.3, 0.4) is 0 Å². The number of benzene rings is 3. The molecular formula is C71H110N4O8. The van der Waals surface area contributed by atoms with Crippen LogP contribution in [0.5, 0.6) is 5.75 Å². The first-order valence-electron chi connectivity index (χ1n) is 32.9. The molecule has 1 aliphatic rings. The summed E-state index contributed by atoms with van der Waals surface area (Å²) in [6.45, 7) is 5.69. The molecule has 4 N–H and O–H groups in total. The van der Waals surface area contributed by atoms with Gasteiger partial charge in [0.2, 0.25) is 5.91 Å². The standard InChI is InChI=1S/C71H110N4O8/c1-3-4-5-6-7-8-9-10-11-16-19-22-25-28-31-38-55-81-57-40-53-75(68(76)59-67(83-71(72)79)70(78)74-52-51-73-69(77)60-47-49-61(80-2)50-48-60)54-41-58-82-56-39-32-29-26-23-20-17-14-12-13-15-18-21-24-27-30-33-42-62-63-43-34-36-45-65(63)66-46-37-35-44-64(62)66/h10-12,14,34-37,43-50,62,67H,3-9,13,15-33,38-42,51-59H2,1-2H3,(H2,72,79)(H,73,77)(H,74,78)/b11-10-,14-12-/t67-/m1/s1. The number of methoxy groups -OCH3 is 1. The molecule has 0 bridgehead atoms. The highest BCUT2D eigenvalue weighted by Gasteiger charge is 2.29. The van der Waals surface area contributed by atoms with E-state index in [4.69, 9.17) is 24.7 Å². The van der Waals surface area contributed by atoms with Crippen molar-refractivity contribution in [2.24, 2.45) is 5.73 Å². The van der Waals surface area contributed by atoms with E-state index < -0.39 is 18.1 Å². The minimum Gasteiger partial charge on any atom is -0.497 e. The van der Waals surface area contributed by atoms with Crippen molar-refractivity contribution in [2.75, 3.05) is 59.7 Å². The van der Waals surface area contributed by atoms with E-state index in [9.17, 15) is 19.2 Å². The van der Waals surface area contributed by atoms with Gasteiger partial charge in [-0.25, -0.2) is 4.79 Å². The highest BCUT2D eigenvalue weighted by Crippen LogP contribution is 2.46. The van der Waals surface area contributed by atoms with E-state index in [0.29, 0.717) is 69.6 Å². The number of allylic oxidation sites excluding steroid dienone is 4. The number of carbonyl (C=O) groups is 4. The van der Waals surface area contributed by atoms with E-state index in [0.717, 1.165) is 25.7 Å². The average molecular weight is 1150 g/mol. The number of hydrogen-bond donors (Lipinski definition) is 3. The molecule has 4 amide bonds. The second-order valence-corrected chi connectivity index (χ2v) is 22.8. The summed E-state index contributed by atoms with van der Waals surface area (Å²) in [5, 5.41) is 5.41. The molecule has 0 unspecified atom stereocenters. The maximum Gasteiger partial charge on any atom is 0.405 e. The fraction of sp³-hybridized carbons (Fsp3) is 0.634. The van der Waals surface area contributed by atoms with Gasteiger partial charge in [-0.05, 0) is 130 Å². The third-order valence-electron chi connectivity index (χ3n) is 16.0. The number of nitrogens with one attached hydrogen (secondary N) is 2. The summed E-state index contributed by atoms with van der Waals surface area (Å²) < 4.78 is 22.3. The summed E-state index contributed by atoms with van der Waals surface area (Å²) in [6.07, 6.45) is 45.5. The number of hydrogen-bond acceptors (Lipinski definition) is 8. The SMILES string of the molecule is CCCCCCCC/C=C\CCCCCCCCOCCCN(CCCOCCCCCCCC/C=C\CCCCCCCCCC1c2ccccc2-c2ccccc21)C(=O)C[C@@H](OC(N)=O)C(=O)NCCNC(=O)c1ccc(OC)cc1. The molecule has 0 heterocycles. The van der Waals surface area contributed by atoms with Crippen LogP contribution in [-0.4, -0.2) is 94.5 Å². The van der Waals surface area contributed by atoms with Crippen LogP contribution >= 0.6 is 0 Å². The lowest BCUT2D eigenvalue weighted by molar-refractivity contribution is -0.139. The van der Waals surface area contributed by atoms with Crippen molar-refractivity contribution in [3.05, 3.63) is 114 Å². The van der Waals surface area contributed by atoms with Crippen LogP contribution in [0.2, 0.25) is 0 Å². The largest absolute Gasteiger partial charge is 0.497 e. The topological polar surface area (TPSA) is 159 Å². The van der Waals surface area contributed by atoms with Gasteiger partial charge in [0.15, 0.2) is 6.10 Å². The minimum atomic E-state index is -1.42. The van der Waals surface area contributed by atoms with Crippen LogP contribution in [0.4, 0.5) is 4.79 Å². The van der Waals surface area contributed by atoms with Crippen molar-refractivity contribution in [3.8, 4) is 16.9 Å². The van der Waals surface area contributed by atoms with Crippen LogP contribution in [0.15, 0.2) is 97.1 Å². The molecule has 83 heavy (non-hydrogen) atoms. The van der Waals surface area contributed by atoms with Gasteiger partial charge < -0.3 is 40.2 Å². The zero-order valence-corrected chi connectivity index (χ0v) is 51.7. The highest BCUT2D eigenvalue weighted by atomic mass is 16.6. The van der Waals surface area contributed by atoms with Crippen LogP contribution in [0.25, 0.3) is 11.1 Å². The van der Waals surface area contributed by atoms with Crippen molar-refractivity contribution in [1.29, 1.82) is 0 Å². The fourth-order valence-electron chi connectivity index (χ4n) is 11.1. The van der Waals surface area contributed by atoms with E-state index in [1.54, 1.807) is 36.3 Å². The molecule has 0 fully saturated rings. The van der Waals surface area contributed by atoms with E-state index >= 15 is 0 Å². The molecule has 0 saturated carbocycles. The van der Waals surface area contributed by atoms with Gasteiger partial charge in [-0.1, -0.05) is 202 Å². The number of primary amides is 1. The van der Waals surface area contributed by atoms with Crippen LogP contribution in [0.1, 0.15) is 246 Å². The predicted octanol–water partition coefficient (Wildman–Crippen LogP) is 16.7. The first-order valence-corrected chi connectivity index (χ1v) is 32.9. The number of rotatable bonds is 52. The average Bonchev–Trinajstić information content (AvgIpc) is 4.07. The van der Waals surface area contributed by atoms with Gasteiger partial charge in [0, 0.05) is 64.1 Å². The van der Waals surface area contributed by atoms with Gasteiger partial charge in [0.1, 0.15) is 5.75 Å². The first kappa shape index (κ1) is 70.0. The Labute approximate surface area is 502 Å². The van der Waals surface area contributed by atoms with Gasteiger partial charge in [0.05, 0.1) is 13.5 Å². The highest BCUT2D eigenvalue weighted by molar-refractivity contribution is 5.94. The Kier molecular flexibility index (Phi) is 39.5. The molecular weight excluding hydrogens is 1040 g/mol. The lowest BCUT2D eigenvalue weighted by atomic mass is 9.91. The van der Waals surface area contributed by atoms with Gasteiger partial charge in [0.25, 0.3) is 11.8 Å². The number of amides is 4. The van der Waals surface area contributed by atoms with Crippen molar-refractivity contribution < 1.29 is 38.1 Å². The zero-order chi connectivity index (χ0) is 59.1. The Hall–Kier alpha value is -5.46. The van der Waals surface area contributed by atoms with Crippen LogP contribution < -0.4 is 21.1 Å². The normalized spacial score (nSPS) is 12.4. The molecule has 1 aliphatic carbocycles. The monoisotopic (exact) mass is 1150 g/mol. The number of unbranched alkanes of at least 4 members (excludes halogenated alkanes) is 25. The summed E-state index contributed by atoms with van der Waals surface area (Å²) >= 11 is 0. The van der Waals surface area contributed by atoms with E-state index in [1.807, 2.05) is 0 Å². The lowest BCUT2D eigenvalue weighted by Gasteiger charge is -2.25. The third-order valence-corrected chi connectivity index (χ3v) is 16.0. The summed E-state index contributed by atoms with van der Waals surface area (Å²) in [6, 6.07) is 24.6. The maximum absolute atomic E-state index is 13.8. The number of fused-ring (bicyclic) bond motifs is 3. The van der Waals surface area contributed by atoms with Crippen molar-refractivity contribution in [1.82, 2.24) is 15.5 Å². The molecule has 3 aromatic rings. The molecule has 0 aliphatic heterocycles. The number of carbonyl (C=O) groups excluding carboxylic acids is 4. The van der Waals surface area contributed by atoms with Gasteiger partial charge in [-0.15, -0.1) is 0 Å². The second kappa shape index (κ2) is 46.9. The number of nitrogens with zero attached hydrogens (tertiary/aromatic N) is 1. The van der Waals surface area contributed by atoms with Gasteiger partial charge in [-0.2, -0.15) is 0 Å². The molecule has 0 radical (unpaired) electrons. The molecule has 0 aromatic heterocycles. The summed E-state index contributed by atoms with van der Waals surface area (Å²) in [5.74, 6) is -0.121. The molecule has 12 nitrogen and oxygen atoms in total. The molecule has 0 saturated heterocycles. The molecule has 1 atom stereocenters. The van der Waals surface area contributed by atoms with Crippen molar-refractivity contribution in [3.63, 3.8) is 0 Å². The molecule has 12 heteroatoms. The Morgan fingerprint density at radius 2 is 0.940 bits per heavy atom. The molecule has 0 spiro atoms. The number of ether oxygens (including phenoxy) is 4. The Morgan fingerprint density at radius 3 is 1.41 bits per heavy atom. The second-order valence-electron chi connectivity index (χ2n) is 22.8. The van der Waals surface area contributed by atoms with Crippen molar-refractivity contribution in [2.45, 2.75) is 231 Å². The Bertz CT molecular complexity index is 2190. The predicted molar refractivity (Wildman–Crippen MR) is 341 cm³/mol. The molecule has 3 aromatic carbocycles. The summed E-state index contributed by atoms with van der Waals surface area (Å²) in [7, 11) is 1.55. The third kappa shape index (κ3) is 31.9. The van der Waals surface area contributed by atoms with E-state index in [-0.39, 0.29) is 31.3 Å². The summed E-state index contributed by atoms with van der Waals surface area (Å²) in [5.41, 5.74) is 11.7. The van der Waals surface area contributed by atoms with E-state index in [2.05, 4.69) is 90.4 Å². The summed E-state index contributed by atoms with van der Waals surface area (Å²) in [4.78, 5) is 53.1. The molecule has 462 valence electrons. The number of nitrogens with two attached hydrogens (primary N) is 1. The van der Waals surface area contributed by atoms with Crippen molar-refractivity contribution >= 4 is 23.8 Å². The fourth-order valence-corrected chi connectivity index (χ4v) is 11.1.